The normalized spacial score (nSPS) is 13.4. The smallest absolute Gasteiger partial charge is 0.242 e. The van der Waals surface area contributed by atoms with Gasteiger partial charge in [-0.25, -0.2) is 8.42 Å². The van der Waals surface area contributed by atoms with Crippen LogP contribution in [0, 0.1) is 6.92 Å². The van der Waals surface area contributed by atoms with E-state index in [-0.39, 0.29) is 9.92 Å². The molecule has 1 aromatic rings. The Labute approximate surface area is 105 Å². The number of hydrogen-bond donors (Lipinski definition) is 2. The molecular weight excluding hydrogens is 264 g/mol. The molecule has 94 valence electrons. The first-order valence-electron chi connectivity index (χ1n) is 4.82. The van der Waals surface area contributed by atoms with Gasteiger partial charge >= 0.3 is 0 Å². The Morgan fingerprint density at radius 1 is 1.47 bits per heavy atom. The zero-order valence-corrected chi connectivity index (χ0v) is 11.0. The van der Waals surface area contributed by atoms with Crippen LogP contribution in [0.25, 0.3) is 0 Å². The van der Waals surface area contributed by atoms with Crippen LogP contribution in [0.2, 0.25) is 5.02 Å². The van der Waals surface area contributed by atoms with E-state index in [0.29, 0.717) is 0 Å². The predicted octanol–water partition coefficient (Wildman–Crippen LogP) is 0.801. The molecule has 7 heteroatoms. The molecule has 0 saturated carbocycles. The Morgan fingerprint density at radius 2 is 2.06 bits per heavy atom. The lowest BCUT2D eigenvalue weighted by molar-refractivity contribution is -0.119. The molecule has 5 nitrogen and oxygen atoms in total. The summed E-state index contributed by atoms with van der Waals surface area (Å²) < 4.78 is 25.9. The monoisotopic (exact) mass is 276 g/mol. The number of carbonyl (C=O) groups excluding carboxylic acids is 1. The fraction of sp³-hybridized carbons (Fsp3) is 0.300. The lowest BCUT2D eigenvalue weighted by Gasteiger charge is -2.12. The molecular formula is C10H13ClN2O3S. The lowest BCUT2D eigenvalue weighted by Crippen LogP contribution is -2.42. The van der Waals surface area contributed by atoms with Crippen molar-refractivity contribution in [2.45, 2.75) is 24.8 Å². The Hall–Kier alpha value is -1.11. The first-order valence-corrected chi connectivity index (χ1v) is 6.68. The first kappa shape index (κ1) is 14.0. The molecule has 1 rings (SSSR count). The third-order valence-electron chi connectivity index (χ3n) is 2.14. The first-order chi connectivity index (χ1) is 7.74. The van der Waals surface area contributed by atoms with Gasteiger partial charge in [0.15, 0.2) is 0 Å². The topological polar surface area (TPSA) is 89.3 Å². The molecule has 1 atom stereocenters. The highest BCUT2D eigenvalue weighted by molar-refractivity contribution is 7.89. The molecule has 3 N–H and O–H groups in total. The number of benzene rings is 1. The summed E-state index contributed by atoms with van der Waals surface area (Å²) in [7, 11) is -3.83. The van der Waals surface area contributed by atoms with Crippen LogP contribution < -0.4 is 10.5 Å². The Kier molecular flexibility index (Phi) is 4.13. The summed E-state index contributed by atoms with van der Waals surface area (Å²) in [6, 6.07) is 3.55. The Morgan fingerprint density at radius 3 is 2.53 bits per heavy atom. The van der Waals surface area contributed by atoms with E-state index in [1.54, 1.807) is 13.0 Å². The maximum atomic E-state index is 11.9. The fourth-order valence-electron chi connectivity index (χ4n) is 1.18. The van der Waals surface area contributed by atoms with Crippen LogP contribution >= 0.6 is 11.6 Å². The molecule has 17 heavy (non-hydrogen) atoms. The highest BCUT2D eigenvalue weighted by Gasteiger charge is 2.22. The third-order valence-corrected chi connectivity index (χ3v) is 4.16. The van der Waals surface area contributed by atoms with Crippen molar-refractivity contribution in [1.29, 1.82) is 0 Å². The minimum Gasteiger partial charge on any atom is -0.368 e. The molecule has 0 bridgehead atoms. The number of amides is 1. The second kappa shape index (κ2) is 5.03. The third kappa shape index (κ3) is 3.42. The van der Waals surface area contributed by atoms with Gasteiger partial charge < -0.3 is 5.73 Å². The summed E-state index contributed by atoms with van der Waals surface area (Å²) in [5.41, 5.74) is 5.83. The van der Waals surface area contributed by atoms with Gasteiger partial charge in [0.25, 0.3) is 0 Å². The van der Waals surface area contributed by atoms with Crippen molar-refractivity contribution >= 4 is 27.5 Å². The van der Waals surface area contributed by atoms with Crippen molar-refractivity contribution in [3.63, 3.8) is 0 Å². The van der Waals surface area contributed by atoms with Crippen molar-refractivity contribution in [2.75, 3.05) is 0 Å². The molecule has 0 spiro atoms. The predicted molar refractivity (Wildman–Crippen MR) is 65.2 cm³/mol. The van der Waals surface area contributed by atoms with Gasteiger partial charge in [0.2, 0.25) is 15.9 Å². The van der Waals surface area contributed by atoms with Crippen molar-refractivity contribution in [3.8, 4) is 0 Å². The summed E-state index contributed by atoms with van der Waals surface area (Å²) >= 11 is 5.84. The molecule has 0 saturated heterocycles. The lowest BCUT2D eigenvalue weighted by atomic mass is 10.2. The van der Waals surface area contributed by atoms with Gasteiger partial charge in [-0.3, -0.25) is 4.79 Å². The zero-order valence-electron chi connectivity index (χ0n) is 9.40. The summed E-state index contributed by atoms with van der Waals surface area (Å²) in [6.07, 6.45) is 0. The highest BCUT2D eigenvalue weighted by atomic mass is 35.5. The Balaban J connectivity index is 3.10. The van der Waals surface area contributed by atoms with Gasteiger partial charge in [0, 0.05) is 0 Å². The molecule has 0 aromatic heterocycles. The van der Waals surface area contributed by atoms with E-state index in [2.05, 4.69) is 4.72 Å². The number of nitrogens with two attached hydrogens (primary N) is 1. The Bertz CT molecular complexity index is 542. The van der Waals surface area contributed by atoms with Gasteiger partial charge in [0.05, 0.1) is 11.1 Å². The maximum absolute atomic E-state index is 11.9. The van der Waals surface area contributed by atoms with Crippen LogP contribution in [0.5, 0.6) is 0 Å². The standard InChI is InChI=1S/C10H13ClN2O3S/c1-6-3-4-9(8(11)5-6)17(15,16)13-7(2)10(12)14/h3-5,7,13H,1-2H3,(H2,12,14). The van der Waals surface area contributed by atoms with Crippen molar-refractivity contribution < 1.29 is 13.2 Å². The summed E-state index contributed by atoms with van der Waals surface area (Å²) in [5.74, 6) is -0.753. The molecule has 0 aliphatic rings. The number of sulfonamides is 1. The van der Waals surface area contributed by atoms with Crippen LogP contribution in [0.4, 0.5) is 0 Å². The van der Waals surface area contributed by atoms with Gasteiger partial charge in [-0.1, -0.05) is 17.7 Å². The van der Waals surface area contributed by atoms with Gasteiger partial charge in [-0.2, -0.15) is 4.72 Å². The van der Waals surface area contributed by atoms with Gasteiger partial charge in [-0.05, 0) is 31.5 Å². The highest BCUT2D eigenvalue weighted by Crippen LogP contribution is 2.22. The molecule has 0 fully saturated rings. The number of nitrogens with one attached hydrogen (secondary N) is 1. The number of halogens is 1. The van der Waals surface area contributed by atoms with E-state index in [1.807, 2.05) is 0 Å². The zero-order chi connectivity index (χ0) is 13.2. The van der Waals surface area contributed by atoms with Crippen molar-refractivity contribution in [2.24, 2.45) is 5.73 Å². The average molecular weight is 277 g/mol. The molecule has 1 unspecified atom stereocenters. The van der Waals surface area contributed by atoms with Crippen LogP contribution in [0.1, 0.15) is 12.5 Å². The summed E-state index contributed by atoms with van der Waals surface area (Å²) in [6.45, 7) is 3.16. The van der Waals surface area contributed by atoms with Crippen LogP contribution in [0.15, 0.2) is 23.1 Å². The van der Waals surface area contributed by atoms with E-state index >= 15 is 0 Å². The number of primary amides is 1. The minimum atomic E-state index is -3.83. The van der Waals surface area contributed by atoms with E-state index in [1.165, 1.54) is 19.1 Å². The van der Waals surface area contributed by atoms with E-state index in [4.69, 9.17) is 17.3 Å². The van der Waals surface area contributed by atoms with Crippen molar-refractivity contribution in [1.82, 2.24) is 4.72 Å². The number of rotatable bonds is 4. The van der Waals surface area contributed by atoms with Gasteiger partial charge in [-0.15, -0.1) is 0 Å². The van der Waals surface area contributed by atoms with E-state index < -0.39 is 22.0 Å². The molecule has 1 aromatic carbocycles. The largest absolute Gasteiger partial charge is 0.368 e. The summed E-state index contributed by atoms with van der Waals surface area (Å²) in [5, 5.41) is 0.106. The number of hydrogen-bond acceptors (Lipinski definition) is 3. The summed E-state index contributed by atoms with van der Waals surface area (Å²) in [4.78, 5) is 10.7. The van der Waals surface area contributed by atoms with Crippen LogP contribution in [0.3, 0.4) is 0 Å². The molecule has 1 amide bonds. The average Bonchev–Trinajstić information content (AvgIpc) is 2.15. The van der Waals surface area contributed by atoms with Crippen molar-refractivity contribution in [3.05, 3.63) is 28.8 Å². The number of aryl methyl sites for hydroxylation is 1. The van der Waals surface area contributed by atoms with Crippen LogP contribution in [-0.2, 0) is 14.8 Å². The maximum Gasteiger partial charge on any atom is 0.242 e. The second-order valence-electron chi connectivity index (χ2n) is 3.68. The fourth-order valence-corrected chi connectivity index (χ4v) is 2.99. The quantitative estimate of drug-likeness (QED) is 0.852. The number of carbonyl (C=O) groups is 1. The SMILES string of the molecule is Cc1ccc(S(=O)(=O)NC(C)C(N)=O)c(Cl)c1. The minimum absolute atomic E-state index is 0.0714. The van der Waals surface area contributed by atoms with E-state index in [9.17, 15) is 13.2 Å². The molecule has 0 aliphatic heterocycles. The van der Waals surface area contributed by atoms with E-state index in [0.717, 1.165) is 5.56 Å². The second-order valence-corrected chi connectivity index (χ2v) is 5.77. The van der Waals surface area contributed by atoms with Gasteiger partial charge in [0.1, 0.15) is 4.90 Å². The molecule has 0 heterocycles. The molecule has 0 aliphatic carbocycles. The molecule has 0 radical (unpaired) electrons. The van der Waals surface area contributed by atoms with Crippen LogP contribution in [-0.4, -0.2) is 20.4 Å².